The molecule has 0 radical (unpaired) electrons. The first kappa shape index (κ1) is 14.1. The molecule has 4 heteroatoms. The zero-order valence-corrected chi connectivity index (χ0v) is 12.2. The number of halogens is 2. The normalized spacial score (nSPS) is 24.2. The third kappa shape index (κ3) is 3.00. The van der Waals surface area contributed by atoms with Gasteiger partial charge in [-0.05, 0) is 56.5 Å². The molecule has 0 bridgehead atoms. The number of benzene rings is 1. The molecule has 100 valence electrons. The van der Waals surface area contributed by atoms with Crippen molar-refractivity contribution < 1.29 is 5.11 Å². The Hall–Kier alpha value is -0.280. The van der Waals surface area contributed by atoms with Crippen molar-refractivity contribution in [2.45, 2.75) is 32.4 Å². The summed E-state index contributed by atoms with van der Waals surface area (Å²) in [6.45, 7) is 5.93. The molecular formula is C14H19Cl2NO. The summed E-state index contributed by atoms with van der Waals surface area (Å²) in [5.41, 5.74) is 1.07. The van der Waals surface area contributed by atoms with Crippen LogP contribution < -0.4 is 0 Å². The van der Waals surface area contributed by atoms with E-state index >= 15 is 0 Å². The highest BCUT2D eigenvalue weighted by molar-refractivity contribution is 6.33. The zero-order valence-electron chi connectivity index (χ0n) is 10.7. The Labute approximate surface area is 119 Å². The molecule has 3 unspecified atom stereocenters. The zero-order chi connectivity index (χ0) is 13.3. The second kappa shape index (κ2) is 5.79. The van der Waals surface area contributed by atoms with Gasteiger partial charge in [-0.2, -0.15) is 0 Å². The van der Waals surface area contributed by atoms with Crippen LogP contribution in [-0.2, 0) is 0 Å². The smallest absolute Gasteiger partial charge is 0.0552 e. The van der Waals surface area contributed by atoms with Gasteiger partial charge < -0.3 is 5.11 Å². The van der Waals surface area contributed by atoms with E-state index in [-0.39, 0.29) is 12.1 Å². The van der Waals surface area contributed by atoms with E-state index in [2.05, 4.69) is 11.8 Å². The summed E-state index contributed by atoms with van der Waals surface area (Å²) in [7, 11) is 0. The van der Waals surface area contributed by atoms with E-state index in [9.17, 15) is 5.11 Å². The van der Waals surface area contributed by atoms with Gasteiger partial charge in [-0.15, -0.1) is 0 Å². The van der Waals surface area contributed by atoms with E-state index < -0.39 is 0 Å². The summed E-state index contributed by atoms with van der Waals surface area (Å²) < 4.78 is 0. The predicted octanol–water partition coefficient (Wildman–Crippen LogP) is 3.76. The van der Waals surface area contributed by atoms with Crippen LogP contribution in [-0.4, -0.2) is 29.2 Å². The third-order valence-corrected chi connectivity index (χ3v) is 4.47. The molecule has 1 N–H and O–H groups in total. The molecule has 2 rings (SSSR count). The van der Waals surface area contributed by atoms with E-state index in [1.165, 1.54) is 0 Å². The third-order valence-electron chi connectivity index (χ3n) is 3.89. The van der Waals surface area contributed by atoms with Crippen molar-refractivity contribution in [3.8, 4) is 0 Å². The van der Waals surface area contributed by atoms with Crippen molar-refractivity contribution in [1.29, 1.82) is 0 Å². The molecule has 1 fully saturated rings. The summed E-state index contributed by atoms with van der Waals surface area (Å²) in [5.74, 6) is 0.366. The Kier molecular flexibility index (Phi) is 4.54. The molecule has 3 atom stereocenters. The average molecular weight is 288 g/mol. The number of aliphatic hydroxyl groups is 1. The Morgan fingerprint density at radius 3 is 2.67 bits per heavy atom. The Balaban J connectivity index is 2.12. The lowest BCUT2D eigenvalue weighted by molar-refractivity contribution is 0.123. The van der Waals surface area contributed by atoms with Gasteiger partial charge in [0.25, 0.3) is 0 Å². The van der Waals surface area contributed by atoms with Crippen molar-refractivity contribution in [3.05, 3.63) is 33.8 Å². The summed E-state index contributed by atoms with van der Waals surface area (Å²) in [5, 5.41) is 11.1. The van der Waals surface area contributed by atoms with E-state index in [4.69, 9.17) is 23.2 Å². The van der Waals surface area contributed by atoms with E-state index in [1.807, 2.05) is 25.1 Å². The summed E-state index contributed by atoms with van der Waals surface area (Å²) in [6.07, 6.45) is 0.803. The Morgan fingerprint density at radius 1 is 1.33 bits per heavy atom. The maximum absolute atomic E-state index is 9.65. The fourth-order valence-electron chi connectivity index (χ4n) is 2.59. The van der Waals surface area contributed by atoms with Gasteiger partial charge in [0.1, 0.15) is 0 Å². The molecule has 1 heterocycles. The largest absolute Gasteiger partial charge is 0.393 e. The lowest BCUT2D eigenvalue weighted by Crippen LogP contribution is -2.27. The molecule has 1 aromatic rings. The van der Waals surface area contributed by atoms with Gasteiger partial charge in [0.05, 0.1) is 6.10 Å². The van der Waals surface area contributed by atoms with Crippen molar-refractivity contribution >= 4 is 23.2 Å². The van der Waals surface area contributed by atoms with Crippen LogP contribution in [0.15, 0.2) is 18.2 Å². The van der Waals surface area contributed by atoms with Crippen LogP contribution in [0, 0.1) is 5.92 Å². The van der Waals surface area contributed by atoms with Crippen molar-refractivity contribution in [3.63, 3.8) is 0 Å². The highest BCUT2D eigenvalue weighted by Gasteiger charge is 2.30. The molecule has 0 aromatic heterocycles. The molecule has 0 spiro atoms. The van der Waals surface area contributed by atoms with Crippen molar-refractivity contribution in [1.82, 2.24) is 4.90 Å². The van der Waals surface area contributed by atoms with Gasteiger partial charge >= 0.3 is 0 Å². The molecule has 1 saturated heterocycles. The highest BCUT2D eigenvalue weighted by Crippen LogP contribution is 2.33. The van der Waals surface area contributed by atoms with Crippen molar-refractivity contribution in [2.75, 3.05) is 13.1 Å². The minimum absolute atomic E-state index is 0.236. The molecule has 0 saturated carbocycles. The summed E-state index contributed by atoms with van der Waals surface area (Å²) >= 11 is 12.3. The SMILES string of the molecule is CC(O)C1CCN(C(C)c2cc(Cl)ccc2Cl)C1. The van der Waals surface area contributed by atoms with E-state index in [0.717, 1.165) is 30.1 Å². The minimum Gasteiger partial charge on any atom is -0.393 e. The number of nitrogens with zero attached hydrogens (tertiary/aromatic N) is 1. The predicted molar refractivity (Wildman–Crippen MR) is 76.2 cm³/mol. The lowest BCUT2D eigenvalue weighted by atomic mass is 10.0. The van der Waals surface area contributed by atoms with Gasteiger partial charge in [0.2, 0.25) is 0 Å². The quantitative estimate of drug-likeness (QED) is 0.915. The fourth-order valence-corrected chi connectivity index (χ4v) is 3.05. The standard InChI is InChI=1S/C14H19Cl2NO/c1-9(13-7-12(15)3-4-14(13)16)17-6-5-11(8-17)10(2)18/h3-4,7,9-11,18H,5-6,8H2,1-2H3. The number of rotatable bonds is 3. The second-order valence-corrected chi connectivity index (χ2v) is 5.97. The van der Waals surface area contributed by atoms with Crippen molar-refractivity contribution in [2.24, 2.45) is 5.92 Å². The number of hydrogen-bond acceptors (Lipinski definition) is 2. The van der Waals surface area contributed by atoms with Gasteiger partial charge in [-0.3, -0.25) is 4.90 Å². The number of likely N-dealkylation sites (tertiary alicyclic amines) is 1. The maximum Gasteiger partial charge on any atom is 0.0552 e. The minimum atomic E-state index is -0.239. The summed E-state index contributed by atoms with van der Waals surface area (Å²) in [6, 6.07) is 5.82. The van der Waals surface area contributed by atoms with Crippen LogP contribution in [0.2, 0.25) is 10.0 Å². The Bertz CT molecular complexity index is 422. The van der Waals surface area contributed by atoms with Crippen LogP contribution in [0.1, 0.15) is 31.9 Å². The molecule has 0 amide bonds. The number of hydrogen-bond donors (Lipinski definition) is 1. The van der Waals surface area contributed by atoms with Gasteiger partial charge in [0, 0.05) is 22.6 Å². The first-order chi connectivity index (χ1) is 8.49. The van der Waals surface area contributed by atoms with Gasteiger partial charge in [-0.25, -0.2) is 0 Å². The Morgan fingerprint density at radius 2 is 2.06 bits per heavy atom. The highest BCUT2D eigenvalue weighted by atomic mass is 35.5. The first-order valence-corrected chi connectivity index (χ1v) is 7.11. The molecule has 2 nitrogen and oxygen atoms in total. The molecule has 1 aliphatic heterocycles. The van der Waals surface area contributed by atoms with Crippen LogP contribution >= 0.6 is 23.2 Å². The van der Waals surface area contributed by atoms with Crippen LogP contribution in [0.3, 0.4) is 0 Å². The van der Waals surface area contributed by atoms with Gasteiger partial charge in [0.15, 0.2) is 0 Å². The maximum atomic E-state index is 9.65. The first-order valence-electron chi connectivity index (χ1n) is 6.36. The average Bonchev–Trinajstić information content (AvgIpc) is 2.81. The fraction of sp³-hybridized carbons (Fsp3) is 0.571. The van der Waals surface area contributed by atoms with Crippen LogP contribution in [0.4, 0.5) is 0 Å². The van der Waals surface area contributed by atoms with Crippen LogP contribution in [0.25, 0.3) is 0 Å². The molecule has 18 heavy (non-hydrogen) atoms. The monoisotopic (exact) mass is 287 g/mol. The summed E-state index contributed by atoms with van der Waals surface area (Å²) in [4.78, 5) is 2.36. The lowest BCUT2D eigenvalue weighted by Gasteiger charge is -2.26. The molecule has 0 aliphatic carbocycles. The molecular weight excluding hydrogens is 269 g/mol. The molecule has 1 aromatic carbocycles. The number of aliphatic hydroxyl groups excluding tert-OH is 1. The van der Waals surface area contributed by atoms with Crippen LogP contribution in [0.5, 0.6) is 0 Å². The van der Waals surface area contributed by atoms with E-state index in [1.54, 1.807) is 0 Å². The second-order valence-electron chi connectivity index (χ2n) is 5.13. The topological polar surface area (TPSA) is 23.5 Å². The van der Waals surface area contributed by atoms with E-state index in [0.29, 0.717) is 10.9 Å². The van der Waals surface area contributed by atoms with Gasteiger partial charge in [-0.1, -0.05) is 23.2 Å². The molecule has 1 aliphatic rings.